The van der Waals surface area contributed by atoms with E-state index in [1.165, 1.54) is 24.5 Å². The molecule has 1 aliphatic rings. The Morgan fingerprint density at radius 2 is 1.95 bits per heavy atom. The molecule has 21 heavy (non-hydrogen) atoms. The number of carbonyl (C=O) groups excluding carboxylic acids is 1. The second kappa shape index (κ2) is 5.87. The van der Waals surface area contributed by atoms with Gasteiger partial charge >= 0.3 is 6.01 Å². The van der Waals surface area contributed by atoms with E-state index in [0.29, 0.717) is 5.69 Å². The van der Waals surface area contributed by atoms with Gasteiger partial charge in [-0.15, -0.1) is 0 Å². The van der Waals surface area contributed by atoms with Crippen molar-refractivity contribution in [3.63, 3.8) is 0 Å². The van der Waals surface area contributed by atoms with Crippen LogP contribution in [0.4, 0.5) is 10.1 Å². The minimum absolute atomic E-state index is 0.00683. The van der Waals surface area contributed by atoms with Crippen molar-refractivity contribution in [2.75, 3.05) is 5.32 Å². The molecule has 108 valence electrons. The first-order valence-electron chi connectivity index (χ1n) is 6.77. The van der Waals surface area contributed by atoms with E-state index >= 15 is 0 Å². The van der Waals surface area contributed by atoms with E-state index in [1.807, 2.05) is 0 Å². The molecule has 0 saturated heterocycles. The first-order valence-corrected chi connectivity index (χ1v) is 6.77. The van der Waals surface area contributed by atoms with E-state index < -0.39 is 5.82 Å². The number of halogens is 1. The van der Waals surface area contributed by atoms with Crippen molar-refractivity contribution in [1.29, 1.82) is 0 Å². The van der Waals surface area contributed by atoms with Crippen LogP contribution in [-0.2, 0) is 4.79 Å². The standard InChI is InChI=1S/C15H14FN3O2/c16-12-6-1-2-7-13(12)21-15-17-8-11(9-18-15)19-14(20)10-4-3-5-10/h1-2,6-10H,3-5H2,(H,19,20). The van der Waals surface area contributed by atoms with Crippen molar-refractivity contribution in [2.45, 2.75) is 19.3 Å². The maximum atomic E-state index is 13.4. The van der Waals surface area contributed by atoms with E-state index in [0.717, 1.165) is 19.3 Å². The number of ether oxygens (including phenoxy) is 1. The van der Waals surface area contributed by atoms with Crippen molar-refractivity contribution in [3.05, 3.63) is 42.5 Å². The monoisotopic (exact) mass is 287 g/mol. The Morgan fingerprint density at radius 1 is 1.24 bits per heavy atom. The molecular formula is C15H14FN3O2. The van der Waals surface area contributed by atoms with Gasteiger partial charge in [0.25, 0.3) is 0 Å². The lowest BCUT2D eigenvalue weighted by molar-refractivity contribution is -0.122. The van der Waals surface area contributed by atoms with Crippen LogP contribution in [0.25, 0.3) is 0 Å². The Labute approximate surface area is 121 Å². The molecule has 1 amide bonds. The van der Waals surface area contributed by atoms with Gasteiger partial charge in [-0.25, -0.2) is 14.4 Å². The number of amides is 1. The minimum Gasteiger partial charge on any atom is -0.421 e. The van der Waals surface area contributed by atoms with Gasteiger partial charge in [0.2, 0.25) is 5.91 Å². The van der Waals surface area contributed by atoms with Gasteiger partial charge in [0.15, 0.2) is 11.6 Å². The van der Waals surface area contributed by atoms with Gasteiger partial charge in [0.05, 0.1) is 18.1 Å². The van der Waals surface area contributed by atoms with Gasteiger partial charge < -0.3 is 10.1 Å². The molecule has 0 unspecified atom stereocenters. The number of nitrogens with one attached hydrogen (secondary N) is 1. The zero-order valence-electron chi connectivity index (χ0n) is 11.3. The number of aromatic nitrogens is 2. The molecule has 3 rings (SSSR count). The van der Waals surface area contributed by atoms with Gasteiger partial charge in [0, 0.05) is 5.92 Å². The molecule has 1 heterocycles. The smallest absolute Gasteiger partial charge is 0.322 e. The molecule has 0 atom stereocenters. The SMILES string of the molecule is O=C(Nc1cnc(Oc2ccccc2F)nc1)C1CCC1. The third-order valence-corrected chi connectivity index (χ3v) is 3.41. The summed E-state index contributed by atoms with van der Waals surface area (Å²) in [7, 11) is 0. The fourth-order valence-corrected chi connectivity index (χ4v) is 1.97. The van der Waals surface area contributed by atoms with Gasteiger partial charge in [-0.3, -0.25) is 4.79 Å². The molecule has 5 nitrogen and oxygen atoms in total. The molecule has 0 radical (unpaired) electrons. The largest absolute Gasteiger partial charge is 0.421 e. The number of hydrogen-bond donors (Lipinski definition) is 1. The third-order valence-electron chi connectivity index (χ3n) is 3.41. The quantitative estimate of drug-likeness (QED) is 0.938. The van der Waals surface area contributed by atoms with Crippen LogP contribution in [0, 0.1) is 11.7 Å². The first-order chi connectivity index (χ1) is 10.2. The molecule has 0 spiro atoms. The summed E-state index contributed by atoms with van der Waals surface area (Å²) in [5.74, 6) is -0.334. The van der Waals surface area contributed by atoms with E-state index in [9.17, 15) is 9.18 Å². The lowest BCUT2D eigenvalue weighted by atomic mass is 9.85. The van der Waals surface area contributed by atoms with Crippen LogP contribution >= 0.6 is 0 Å². The van der Waals surface area contributed by atoms with Crippen LogP contribution in [0.1, 0.15) is 19.3 Å². The number of para-hydroxylation sites is 1. The summed E-state index contributed by atoms with van der Waals surface area (Å²) < 4.78 is 18.7. The summed E-state index contributed by atoms with van der Waals surface area (Å²) in [5, 5.41) is 2.75. The number of nitrogens with zero attached hydrogens (tertiary/aromatic N) is 2. The van der Waals surface area contributed by atoms with E-state index in [2.05, 4.69) is 15.3 Å². The second-order valence-corrected chi connectivity index (χ2v) is 4.90. The van der Waals surface area contributed by atoms with E-state index in [1.54, 1.807) is 12.1 Å². The number of carbonyl (C=O) groups is 1. The van der Waals surface area contributed by atoms with Crippen molar-refractivity contribution in [3.8, 4) is 11.8 Å². The third kappa shape index (κ3) is 3.16. The highest BCUT2D eigenvalue weighted by Gasteiger charge is 2.25. The summed E-state index contributed by atoms with van der Waals surface area (Å²) in [5.41, 5.74) is 0.507. The number of hydrogen-bond acceptors (Lipinski definition) is 4. The minimum atomic E-state index is -0.483. The molecule has 1 N–H and O–H groups in total. The molecular weight excluding hydrogens is 273 g/mol. The number of anilines is 1. The van der Waals surface area contributed by atoms with E-state index in [4.69, 9.17) is 4.74 Å². The van der Waals surface area contributed by atoms with E-state index in [-0.39, 0.29) is 23.6 Å². The molecule has 0 aliphatic heterocycles. The van der Waals surface area contributed by atoms with Crippen molar-refractivity contribution < 1.29 is 13.9 Å². The maximum Gasteiger partial charge on any atom is 0.322 e. The Morgan fingerprint density at radius 3 is 2.57 bits per heavy atom. The lowest BCUT2D eigenvalue weighted by Crippen LogP contribution is -2.28. The van der Waals surface area contributed by atoms with Crippen LogP contribution in [-0.4, -0.2) is 15.9 Å². The summed E-state index contributed by atoms with van der Waals surface area (Å²) >= 11 is 0. The highest BCUT2D eigenvalue weighted by atomic mass is 19.1. The predicted octanol–water partition coefficient (Wildman–Crippen LogP) is 3.15. The number of benzene rings is 1. The Kier molecular flexibility index (Phi) is 3.77. The average molecular weight is 287 g/mol. The maximum absolute atomic E-state index is 13.4. The van der Waals surface area contributed by atoms with Crippen LogP contribution in [0.15, 0.2) is 36.7 Å². The Balaban J connectivity index is 1.64. The average Bonchev–Trinajstić information content (AvgIpc) is 2.41. The molecule has 6 heteroatoms. The van der Waals surface area contributed by atoms with Crippen LogP contribution in [0.3, 0.4) is 0 Å². The van der Waals surface area contributed by atoms with Gasteiger partial charge in [-0.05, 0) is 25.0 Å². The fraction of sp³-hybridized carbons (Fsp3) is 0.267. The Hall–Kier alpha value is -2.50. The number of rotatable bonds is 4. The van der Waals surface area contributed by atoms with Crippen molar-refractivity contribution in [2.24, 2.45) is 5.92 Å². The van der Waals surface area contributed by atoms with Crippen LogP contribution in [0.2, 0.25) is 0 Å². The van der Waals surface area contributed by atoms with Crippen LogP contribution in [0.5, 0.6) is 11.8 Å². The first kappa shape index (κ1) is 13.5. The summed E-state index contributed by atoms with van der Waals surface area (Å²) in [6.45, 7) is 0. The molecule has 1 aromatic carbocycles. The van der Waals surface area contributed by atoms with Gasteiger partial charge in [-0.2, -0.15) is 0 Å². The fourth-order valence-electron chi connectivity index (χ4n) is 1.97. The van der Waals surface area contributed by atoms with Crippen molar-refractivity contribution in [1.82, 2.24) is 9.97 Å². The molecule has 1 fully saturated rings. The van der Waals surface area contributed by atoms with Gasteiger partial charge in [0.1, 0.15) is 0 Å². The summed E-state index contributed by atoms with van der Waals surface area (Å²) in [6, 6.07) is 6.04. The molecule has 0 bridgehead atoms. The molecule has 2 aromatic rings. The van der Waals surface area contributed by atoms with Crippen molar-refractivity contribution >= 4 is 11.6 Å². The molecule has 1 saturated carbocycles. The summed E-state index contributed by atoms with van der Waals surface area (Å²) in [6.07, 6.45) is 5.85. The molecule has 1 aromatic heterocycles. The normalized spacial score (nSPS) is 14.3. The predicted molar refractivity (Wildman–Crippen MR) is 74.5 cm³/mol. The molecule has 1 aliphatic carbocycles. The summed E-state index contributed by atoms with van der Waals surface area (Å²) in [4.78, 5) is 19.7. The zero-order chi connectivity index (χ0) is 14.7. The second-order valence-electron chi connectivity index (χ2n) is 4.90. The zero-order valence-corrected chi connectivity index (χ0v) is 11.3. The van der Waals surface area contributed by atoms with Crippen LogP contribution < -0.4 is 10.1 Å². The lowest BCUT2D eigenvalue weighted by Gasteiger charge is -2.23. The highest BCUT2D eigenvalue weighted by molar-refractivity contribution is 5.92. The highest BCUT2D eigenvalue weighted by Crippen LogP contribution is 2.27. The Bertz CT molecular complexity index is 642. The topological polar surface area (TPSA) is 64.1 Å². The van der Waals surface area contributed by atoms with Gasteiger partial charge in [-0.1, -0.05) is 18.6 Å².